The molecule has 0 saturated carbocycles. The number of halogens is 1. The predicted octanol–water partition coefficient (Wildman–Crippen LogP) is 2.65. The van der Waals surface area contributed by atoms with Gasteiger partial charge in [-0.05, 0) is 44.9 Å². The van der Waals surface area contributed by atoms with Gasteiger partial charge in [-0.1, -0.05) is 18.0 Å². The maximum Gasteiger partial charge on any atom is 0.251 e. The molecule has 0 atom stereocenters. The monoisotopic (exact) mass is 344 g/mol. The van der Waals surface area contributed by atoms with Gasteiger partial charge in [-0.2, -0.15) is 4.31 Å². The highest BCUT2D eigenvalue weighted by Crippen LogP contribution is 2.27. The van der Waals surface area contributed by atoms with Crippen molar-refractivity contribution in [2.24, 2.45) is 0 Å². The van der Waals surface area contributed by atoms with E-state index in [2.05, 4.69) is 5.32 Å². The van der Waals surface area contributed by atoms with Gasteiger partial charge in [0, 0.05) is 24.7 Å². The standard InChI is InChI=1S/C15H21ClN2O3S/c1-11(2)17-15(19)12-6-7-13(16)14(10-12)22(20,21)18-8-4-3-5-9-18/h6-7,10-11H,3-5,8-9H2,1-2H3,(H,17,19). The summed E-state index contributed by atoms with van der Waals surface area (Å²) in [6, 6.07) is 4.35. The Morgan fingerprint density at radius 1 is 1.23 bits per heavy atom. The van der Waals surface area contributed by atoms with Gasteiger partial charge in [-0.25, -0.2) is 8.42 Å². The van der Waals surface area contributed by atoms with Gasteiger partial charge in [-0.3, -0.25) is 4.79 Å². The largest absolute Gasteiger partial charge is 0.350 e. The molecule has 1 N–H and O–H groups in total. The number of sulfonamides is 1. The molecule has 1 fully saturated rings. The number of piperidine rings is 1. The molecular weight excluding hydrogens is 324 g/mol. The lowest BCUT2D eigenvalue weighted by atomic mass is 10.2. The SMILES string of the molecule is CC(C)NC(=O)c1ccc(Cl)c(S(=O)(=O)N2CCCCC2)c1. The van der Waals surface area contributed by atoms with E-state index < -0.39 is 10.0 Å². The zero-order valence-electron chi connectivity index (χ0n) is 12.8. The molecular formula is C15H21ClN2O3S. The second-order valence-corrected chi connectivity index (χ2v) is 8.05. The number of nitrogens with one attached hydrogen (secondary N) is 1. The number of amides is 1. The van der Waals surface area contributed by atoms with Gasteiger partial charge in [0.2, 0.25) is 10.0 Å². The number of hydrogen-bond donors (Lipinski definition) is 1. The third-order valence-corrected chi connectivity index (χ3v) is 5.93. The van der Waals surface area contributed by atoms with Crippen LogP contribution < -0.4 is 5.32 Å². The van der Waals surface area contributed by atoms with Crippen molar-refractivity contribution < 1.29 is 13.2 Å². The summed E-state index contributed by atoms with van der Waals surface area (Å²) in [5, 5.41) is 2.89. The molecule has 0 spiro atoms. The van der Waals surface area contributed by atoms with Gasteiger partial charge in [0.05, 0.1) is 5.02 Å². The van der Waals surface area contributed by atoms with Crippen molar-refractivity contribution in [2.75, 3.05) is 13.1 Å². The maximum absolute atomic E-state index is 12.7. The molecule has 0 aliphatic carbocycles. The average Bonchev–Trinajstić information content (AvgIpc) is 2.47. The fraction of sp³-hybridized carbons (Fsp3) is 0.533. The Morgan fingerprint density at radius 3 is 2.45 bits per heavy atom. The molecule has 1 aliphatic heterocycles. The fourth-order valence-corrected chi connectivity index (χ4v) is 4.45. The molecule has 1 saturated heterocycles. The van der Waals surface area contributed by atoms with Crippen molar-refractivity contribution in [2.45, 2.75) is 44.0 Å². The third-order valence-electron chi connectivity index (χ3n) is 3.55. The Kier molecular flexibility index (Phi) is 5.47. The van der Waals surface area contributed by atoms with Crippen LogP contribution in [0, 0.1) is 0 Å². The van der Waals surface area contributed by atoms with E-state index >= 15 is 0 Å². The van der Waals surface area contributed by atoms with Gasteiger partial charge in [0.1, 0.15) is 4.90 Å². The Labute approximate surface area is 136 Å². The molecule has 1 amide bonds. The second-order valence-electron chi connectivity index (χ2n) is 5.74. The Bertz CT molecular complexity index is 653. The second kappa shape index (κ2) is 6.98. The van der Waals surface area contributed by atoms with Crippen molar-refractivity contribution >= 4 is 27.5 Å². The summed E-state index contributed by atoms with van der Waals surface area (Å²) in [6.07, 6.45) is 2.74. The van der Waals surface area contributed by atoms with Gasteiger partial charge >= 0.3 is 0 Å². The van der Waals surface area contributed by atoms with Crippen molar-refractivity contribution in [1.29, 1.82) is 0 Å². The predicted molar refractivity (Wildman–Crippen MR) is 86.7 cm³/mol. The molecule has 5 nitrogen and oxygen atoms in total. The van der Waals surface area contributed by atoms with Gasteiger partial charge in [-0.15, -0.1) is 0 Å². The molecule has 1 aromatic rings. The number of carbonyl (C=O) groups is 1. The first kappa shape index (κ1) is 17.2. The van der Waals surface area contributed by atoms with E-state index in [-0.39, 0.29) is 21.9 Å². The van der Waals surface area contributed by atoms with Crippen LogP contribution in [0.2, 0.25) is 5.02 Å². The van der Waals surface area contributed by atoms with Crippen LogP contribution in [0.15, 0.2) is 23.1 Å². The van der Waals surface area contributed by atoms with E-state index in [1.807, 2.05) is 13.8 Å². The summed E-state index contributed by atoms with van der Waals surface area (Å²) in [6.45, 7) is 4.70. The first-order valence-electron chi connectivity index (χ1n) is 7.43. The molecule has 1 heterocycles. The van der Waals surface area contributed by atoms with Crippen molar-refractivity contribution in [3.8, 4) is 0 Å². The van der Waals surface area contributed by atoms with E-state index in [0.717, 1.165) is 19.3 Å². The summed E-state index contributed by atoms with van der Waals surface area (Å²) in [7, 11) is -3.66. The molecule has 122 valence electrons. The average molecular weight is 345 g/mol. The van der Waals surface area contributed by atoms with Crippen LogP contribution in [0.25, 0.3) is 0 Å². The van der Waals surface area contributed by atoms with E-state index in [1.54, 1.807) is 0 Å². The normalized spacial score (nSPS) is 16.7. The van der Waals surface area contributed by atoms with Crippen molar-refractivity contribution in [3.05, 3.63) is 28.8 Å². The zero-order valence-corrected chi connectivity index (χ0v) is 14.4. The summed E-state index contributed by atoms with van der Waals surface area (Å²) in [4.78, 5) is 12.1. The van der Waals surface area contributed by atoms with E-state index in [0.29, 0.717) is 18.7 Å². The Hall–Kier alpha value is -1.11. The number of hydrogen-bond acceptors (Lipinski definition) is 3. The molecule has 22 heavy (non-hydrogen) atoms. The first-order valence-corrected chi connectivity index (χ1v) is 9.25. The summed E-state index contributed by atoms with van der Waals surface area (Å²) < 4.78 is 26.9. The van der Waals surface area contributed by atoms with E-state index in [1.165, 1.54) is 22.5 Å². The minimum atomic E-state index is -3.66. The summed E-state index contributed by atoms with van der Waals surface area (Å²) in [5.41, 5.74) is 0.300. The lowest BCUT2D eigenvalue weighted by Crippen LogP contribution is -2.36. The van der Waals surface area contributed by atoms with Crippen LogP contribution in [0.5, 0.6) is 0 Å². The Balaban J connectivity index is 2.35. The topological polar surface area (TPSA) is 66.5 Å². The minimum absolute atomic E-state index is 0.00692. The number of benzene rings is 1. The quantitative estimate of drug-likeness (QED) is 0.913. The summed E-state index contributed by atoms with van der Waals surface area (Å²) in [5.74, 6) is -0.304. The minimum Gasteiger partial charge on any atom is -0.350 e. The third kappa shape index (κ3) is 3.80. The van der Waals surface area contributed by atoms with Crippen molar-refractivity contribution in [3.63, 3.8) is 0 Å². The van der Waals surface area contributed by atoms with Crippen molar-refractivity contribution in [1.82, 2.24) is 9.62 Å². The van der Waals surface area contributed by atoms with E-state index in [4.69, 9.17) is 11.6 Å². The molecule has 0 bridgehead atoms. The highest BCUT2D eigenvalue weighted by Gasteiger charge is 2.28. The molecule has 7 heteroatoms. The zero-order chi connectivity index (χ0) is 16.3. The fourth-order valence-electron chi connectivity index (χ4n) is 2.43. The lowest BCUT2D eigenvalue weighted by molar-refractivity contribution is 0.0943. The van der Waals surface area contributed by atoms with Crippen LogP contribution >= 0.6 is 11.6 Å². The maximum atomic E-state index is 12.7. The highest BCUT2D eigenvalue weighted by atomic mass is 35.5. The lowest BCUT2D eigenvalue weighted by Gasteiger charge is -2.26. The smallest absolute Gasteiger partial charge is 0.251 e. The van der Waals surface area contributed by atoms with Crippen LogP contribution in [0.1, 0.15) is 43.5 Å². The molecule has 2 rings (SSSR count). The molecule has 0 radical (unpaired) electrons. The van der Waals surface area contributed by atoms with Crippen LogP contribution in [-0.2, 0) is 10.0 Å². The van der Waals surface area contributed by atoms with Gasteiger partial charge in [0.15, 0.2) is 0 Å². The van der Waals surface area contributed by atoms with Crippen LogP contribution in [0.4, 0.5) is 0 Å². The number of rotatable bonds is 4. The summed E-state index contributed by atoms with van der Waals surface area (Å²) >= 11 is 6.07. The van der Waals surface area contributed by atoms with E-state index in [9.17, 15) is 13.2 Å². The molecule has 1 aromatic carbocycles. The number of nitrogens with zero attached hydrogens (tertiary/aromatic N) is 1. The van der Waals surface area contributed by atoms with Gasteiger partial charge in [0.25, 0.3) is 5.91 Å². The Morgan fingerprint density at radius 2 is 1.86 bits per heavy atom. The first-order chi connectivity index (χ1) is 10.3. The van der Waals surface area contributed by atoms with Gasteiger partial charge < -0.3 is 5.32 Å². The molecule has 0 aromatic heterocycles. The number of carbonyl (C=O) groups excluding carboxylic acids is 1. The van der Waals surface area contributed by atoms with Crippen LogP contribution in [-0.4, -0.2) is 37.8 Å². The van der Waals surface area contributed by atoms with Crippen LogP contribution in [0.3, 0.4) is 0 Å². The highest BCUT2D eigenvalue weighted by molar-refractivity contribution is 7.89. The molecule has 0 unspecified atom stereocenters. The molecule has 1 aliphatic rings.